The lowest BCUT2D eigenvalue weighted by Gasteiger charge is -2.28. The van der Waals surface area contributed by atoms with Crippen molar-refractivity contribution >= 4 is 38.8 Å². The quantitative estimate of drug-likeness (QED) is 0.387. The molecular formula is C22H21ClN6O5S. The van der Waals surface area contributed by atoms with Crippen LogP contribution >= 0.6 is 11.6 Å². The minimum Gasteiger partial charge on any atom is -0.382 e. The second kappa shape index (κ2) is 9.04. The van der Waals surface area contributed by atoms with Gasteiger partial charge < -0.3 is 15.0 Å². The lowest BCUT2D eigenvalue weighted by molar-refractivity contribution is -0.384. The fraction of sp³-hybridized carbons (Fsp3) is 0.273. The summed E-state index contributed by atoms with van der Waals surface area (Å²) in [6, 6.07) is 11.8. The van der Waals surface area contributed by atoms with E-state index in [9.17, 15) is 18.5 Å². The van der Waals surface area contributed by atoms with E-state index in [2.05, 4.69) is 15.5 Å². The van der Waals surface area contributed by atoms with E-state index in [1.165, 1.54) is 28.6 Å². The van der Waals surface area contributed by atoms with Crippen LogP contribution in [0.2, 0.25) is 5.02 Å². The molecule has 11 nitrogen and oxygen atoms in total. The number of hydrogen-bond donors (Lipinski definition) is 1. The van der Waals surface area contributed by atoms with Crippen LogP contribution in [0, 0.1) is 10.1 Å². The van der Waals surface area contributed by atoms with Crippen LogP contribution in [-0.2, 0) is 21.3 Å². The first-order valence-electron chi connectivity index (χ1n) is 10.7. The number of non-ortho nitro benzene ring substituents is 1. The summed E-state index contributed by atoms with van der Waals surface area (Å²) in [6.45, 7) is 0.973. The van der Waals surface area contributed by atoms with E-state index in [-0.39, 0.29) is 17.2 Å². The Balaban J connectivity index is 1.53. The molecule has 0 spiro atoms. The largest absolute Gasteiger partial charge is 0.382 e. The van der Waals surface area contributed by atoms with Crippen LogP contribution in [0.3, 0.4) is 0 Å². The molecule has 3 heterocycles. The van der Waals surface area contributed by atoms with Gasteiger partial charge >= 0.3 is 0 Å². The van der Waals surface area contributed by atoms with Gasteiger partial charge in [-0.2, -0.15) is 9.40 Å². The van der Waals surface area contributed by atoms with E-state index < -0.39 is 27.2 Å². The number of nitro groups is 1. The summed E-state index contributed by atoms with van der Waals surface area (Å²) in [5, 5.41) is 23.3. The van der Waals surface area contributed by atoms with Gasteiger partial charge in [0.1, 0.15) is 0 Å². The Kier molecular flexibility index (Phi) is 6.05. The Morgan fingerprint density at radius 2 is 1.94 bits per heavy atom. The summed E-state index contributed by atoms with van der Waals surface area (Å²) < 4.78 is 34.7. The van der Waals surface area contributed by atoms with E-state index in [0.29, 0.717) is 35.2 Å². The van der Waals surface area contributed by atoms with Gasteiger partial charge in [0.15, 0.2) is 12.0 Å². The SMILES string of the molecule is CN(Cc1ccc(Cl)cc1)c1nncc2c1[C@H]1OC[C@@H](CN2)N1S(=O)(=O)c1ccc([N+](=O)[O-])cc1. The number of sulfonamides is 1. The number of halogens is 1. The predicted octanol–water partition coefficient (Wildman–Crippen LogP) is 3.19. The molecule has 3 aromatic rings. The Labute approximate surface area is 206 Å². The van der Waals surface area contributed by atoms with Crippen LogP contribution in [0.5, 0.6) is 0 Å². The van der Waals surface area contributed by atoms with Gasteiger partial charge in [0.05, 0.1) is 39.9 Å². The molecule has 35 heavy (non-hydrogen) atoms. The van der Waals surface area contributed by atoms with Crippen LogP contribution in [0.4, 0.5) is 17.2 Å². The molecule has 0 unspecified atom stereocenters. The number of aromatic nitrogens is 2. The summed E-state index contributed by atoms with van der Waals surface area (Å²) in [7, 11) is -2.21. The molecule has 0 aliphatic carbocycles. The van der Waals surface area contributed by atoms with Crippen LogP contribution < -0.4 is 10.2 Å². The van der Waals surface area contributed by atoms with Gasteiger partial charge in [-0.15, -0.1) is 5.10 Å². The maximum Gasteiger partial charge on any atom is 0.269 e. The summed E-state index contributed by atoms with van der Waals surface area (Å²) in [5.41, 5.74) is 1.99. The first kappa shape index (κ1) is 23.4. The third-order valence-corrected chi connectivity index (χ3v) is 8.17. The monoisotopic (exact) mass is 516 g/mol. The molecule has 0 radical (unpaired) electrons. The second-order valence-electron chi connectivity index (χ2n) is 8.28. The highest BCUT2D eigenvalue weighted by Crippen LogP contribution is 2.44. The summed E-state index contributed by atoms with van der Waals surface area (Å²) in [5.74, 6) is 0.474. The van der Waals surface area contributed by atoms with Crippen molar-refractivity contribution in [2.24, 2.45) is 0 Å². The maximum absolute atomic E-state index is 13.7. The highest BCUT2D eigenvalue weighted by molar-refractivity contribution is 7.89. The maximum atomic E-state index is 13.7. The lowest BCUT2D eigenvalue weighted by atomic mass is 10.1. The van der Waals surface area contributed by atoms with E-state index in [1.807, 2.05) is 24.1 Å². The minimum absolute atomic E-state index is 0.0508. The van der Waals surface area contributed by atoms with Gasteiger partial charge in [-0.05, 0) is 29.8 Å². The van der Waals surface area contributed by atoms with Crippen molar-refractivity contribution in [3.8, 4) is 0 Å². The van der Waals surface area contributed by atoms with Gasteiger partial charge in [0.2, 0.25) is 10.0 Å². The number of ether oxygens (including phenoxy) is 1. The smallest absolute Gasteiger partial charge is 0.269 e. The number of benzene rings is 2. The first-order valence-corrected chi connectivity index (χ1v) is 12.5. The molecule has 1 fully saturated rings. The average Bonchev–Trinajstić information content (AvgIpc) is 3.20. The van der Waals surface area contributed by atoms with E-state index in [0.717, 1.165) is 5.56 Å². The molecule has 2 bridgehead atoms. The number of nitro benzene ring substituents is 1. The lowest BCUT2D eigenvalue weighted by Crippen LogP contribution is -2.40. The van der Waals surface area contributed by atoms with Crippen molar-refractivity contribution in [3.05, 3.63) is 81.0 Å². The number of nitrogens with one attached hydrogen (secondary N) is 1. The Morgan fingerprint density at radius 1 is 1.23 bits per heavy atom. The average molecular weight is 517 g/mol. The van der Waals surface area contributed by atoms with Crippen molar-refractivity contribution in [2.45, 2.75) is 23.7 Å². The van der Waals surface area contributed by atoms with Gasteiger partial charge in [-0.25, -0.2) is 8.42 Å². The summed E-state index contributed by atoms with van der Waals surface area (Å²) >= 11 is 6.00. The normalized spacial score (nSPS) is 19.5. The van der Waals surface area contributed by atoms with Crippen molar-refractivity contribution in [1.29, 1.82) is 0 Å². The van der Waals surface area contributed by atoms with Crippen LogP contribution in [-0.4, -0.2) is 54.1 Å². The highest BCUT2D eigenvalue weighted by Gasteiger charge is 2.48. The molecular weight excluding hydrogens is 496 g/mol. The second-order valence-corrected chi connectivity index (χ2v) is 10.6. The van der Waals surface area contributed by atoms with Crippen molar-refractivity contribution in [2.75, 3.05) is 30.4 Å². The fourth-order valence-corrected chi connectivity index (χ4v) is 6.10. The zero-order valence-corrected chi connectivity index (χ0v) is 20.1. The predicted molar refractivity (Wildman–Crippen MR) is 129 cm³/mol. The van der Waals surface area contributed by atoms with Crippen LogP contribution in [0.25, 0.3) is 0 Å². The molecule has 13 heteroatoms. The molecule has 2 aromatic carbocycles. The molecule has 1 saturated heterocycles. The van der Waals surface area contributed by atoms with Gasteiger partial charge in [0.25, 0.3) is 5.69 Å². The van der Waals surface area contributed by atoms with E-state index in [1.54, 1.807) is 18.3 Å². The molecule has 0 saturated carbocycles. The van der Waals surface area contributed by atoms with Crippen LogP contribution in [0.1, 0.15) is 17.4 Å². The Hall–Kier alpha value is -3.32. The Bertz CT molecular complexity index is 1370. The third kappa shape index (κ3) is 4.29. The van der Waals surface area contributed by atoms with Crippen molar-refractivity contribution < 1.29 is 18.1 Å². The standard InChI is InChI=1S/C22H21ClN6O5S/c1-27(12-14-2-4-15(23)5-3-14)21-20-19(11-25-26-21)24-10-17-13-34-22(20)28(17)35(32,33)18-8-6-16(7-9-18)29(30)31/h2-9,11,17,22,24H,10,12-13H2,1H3/t17-,22-/m1/s1. The van der Waals surface area contributed by atoms with Gasteiger partial charge in [-0.1, -0.05) is 23.7 Å². The third-order valence-electron chi connectivity index (χ3n) is 6.00. The first-order chi connectivity index (χ1) is 16.8. The zero-order valence-electron chi connectivity index (χ0n) is 18.5. The van der Waals surface area contributed by atoms with Crippen molar-refractivity contribution in [1.82, 2.24) is 14.5 Å². The summed E-state index contributed by atoms with van der Waals surface area (Å²) in [6.07, 6.45) is 0.610. The van der Waals surface area contributed by atoms with E-state index in [4.69, 9.17) is 16.3 Å². The van der Waals surface area contributed by atoms with Crippen molar-refractivity contribution in [3.63, 3.8) is 0 Å². The fourth-order valence-electron chi connectivity index (χ4n) is 4.30. The topological polar surface area (TPSA) is 131 Å². The zero-order chi connectivity index (χ0) is 24.7. The number of hydrogen-bond acceptors (Lipinski definition) is 9. The van der Waals surface area contributed by atoms with Crippen LogP contribution in [0.15, 0.2) is 59.6 Å². The number of nitrogens with zero attached hydrogens (tertiary/aromatic N) is 5. The van der Waals surface area contributed by atoms with Gasteiger partial charge in [0, 0.05) is 37.3 Å². The number of fused-ring (bicyclic) bond motifs is 4. The number of rotatable bonds is 6. The highest BCUT2D eigenvalue weighted by atomic mass is 35.5. The summed E-state index contributed by atoms with van der Waals surface area (Å²) in [4.78, 5) is 12.2. The molecule has 2 atom stereocenters. The molecule has 1 aromatic heterocycles. The van der Waals surface area contributed by atoms with Gasteiger partial charge in [-0.3, -0.25) is 10.1 Å². The molecule has 2 aliphatic rings. The number of anilines is 2. The molecule has 0 amide bonds. The molecule has 5 rings (SSSR count). The molecule has 2 aliphatic heterocycles. The minimum atomic E-state index is -4.05. The Morgan fingerprint density at radius 3 is 2.63 bits per heavy atom. The molecule has 1 N–H and O–H groups in total. The molecule has 182 valence electrons. The van der Waals surface area contributed by atoms with E-state index >= 15 is 0 Å².